The van der Waals surface area contributed by atoms with Crippen LogP contribution in [0.25, 0.3) is 109 Å². The van der Waals surface area contributed by atoms with Gasteiger partial charge in [-0.15, -0.1) is 11.3 Å². The molecule has 5 heteroatoms. The summed E-state index contributed by atoms with van der Waals surface area (Å²) >= 11 is 1.84. The van der Waals surface area contributed by atoms with Crippen molar-refractivity contribution in [1.29, 1.82) is 0 Å². The molecule has 11 aromatic rings. The first-order valence-electron chi connectivity index (χ1n) is 18.7. The third-order valence-corrected chi connectivity index (χ3v) is 11.8. The predicted molar refractivity (Wildman–Crippen MR) is 233 cm³/mol. The second-order valence-corrected chi connectivity index (χ2v) is 15.0. The molecule has 0 amide bonds. The molecule has 0 atom stereocenters. The van der Waals surface area contributed by atoms with Crippen molar-refractivity contribution in [2.75, 3.05) is 0 Å². The van der Waals surface area contributed by atoms with E-state index in [1.165, 1.54) is 25.7 Å². The van der Waals surface area contributed by atoms with Crippen molar-refractivity contribution in [2.45, 2.75) is 0 Å². The molecule has 0 unspecified atom stereocenters. The van der Waals surface area contributed by atoms with Crippen molar-refractivity contribution in [3.8, 4) is 67.3 Å². The van der Waals surface area contributed by atoms with Gasteiger partial charge in [-0.1, -0.05) is 140 Å². The maximum Gasteiger partial charge on any atom is 0.160 e. The van der Waals surface area contributed by atoms with E-state index in [1.54, 1.807) is 6.20 Å². The second-order valence-electron chi connectivity index (χ2n) is 14.0. The zero-order valence-corrected chi connectivity index (χ0v) is 30.9. The number of rotatable bonds is 6. The quantitative estimate of drug-likeness (QED) is 0.171. The fourth-order valence-electron chi connectivity index (χ4n) is 7.91. The largest absolute Gasteiger partial charge is 0.455 e. The number of para-hydroxylation sites is 1. The van der Waals surface area contributed by atoms with Crippen LogP contribution in [0.15, 0.2) is 193 Å². The summed E-state index contributed by atoms with van der Waals surface area (Å²) < 4.78 is 9.31. The van der Waals surface area contributed by atoms with Crippen LogP contribution in [0.1, 0.15) is 0 Å². The topological polar surface area (TPSA) is 51.8 Å². The number of furan rings is 1. The van der Waals surface area contributed by atoms with Gasteiger partial charge in [-0.3, -0.25) is 4.98 Å². The summed E-state index contributed by atoms with van der Waals surface area (Å²) in [5.74, 6) is 0.673. The molecule has 0 saturated heterocycles. The summed E-state index contributed by atoms with van der Waals surface area (Å²) in [5.41, 5.74) is 13.2. The van der Waals surface area contributed by atoms with Crippen LogP contribution in [0.2, 0.25) is 0 Å². The molecule has 4 nitrogen and oxygen atoms in total. The van der Waals surface area contributed by atoms with Gasteiger partial charge in [0, 0.05) is 76.7 Å². The molecule has 4 aromatic heterocycles. The molecule has 0 radical (unpaired) electrons. The van der Waals surface area contributed by atoms with E-state index in [9.17, 15) is 0 Å². The highest BCUT2D eigenvalue weighted by Crippen LogP contribution is 2.46. The molecule has 0 aliphatic heterocycles. The lowest BCUT2D eigenvalue weighted by Gasteiger charge is -2.12. The van der Waals surface area contributed by atoms with Crippen molar-refractivity contribution in [3.05, 3.63) is 188 Å². The number of hydrogen-bond acceptors (Lipinski definition) is 5. The Labute approximate surface area is 327 Å². The minimum atomic E-state index is 0.673. The first kappa shape index (κ1) is 32.2. The van der Waals surface area contributed by atoms with E-state index in [0.717, 1.165) is 77.8 Å². The van der Waals surface area contributed by atoms with Crippen molar-refractivity contribution >= 4 is 53.4 Å². The molecule has 56 heavy (non-hydrogen) atoms. The zero-order chi connectivity index (χ0) is 37.0. The summed E-state index contributed by atoms with van der Waals surface area (Å²) in [4.78, 5) is 14.6. The molecular formula is C51H31N3OS. The SMILES string of the molecule is c1ccc(-c2cc(-c3ccc(-c4ccc(-c5cccc6c5sc5ccccc56)c5oc6ccccc6c45)cc3)nc(-c3cccc(-c4cccnc4)c3)n2)cc1. The summed E-state index contributed by atoms with van der Waals surface area (Å²) in [5, 5.41) is 4.79. The third kappa shape index (κ3) is 5.48. The number of nitrogens with zero attached hydrogens (tertiary/aromatic N) is 3. The van der Waals surface area contributed by atoms with Crippen LogP contribution in [0.4, 0.5) is 0 Å². The third-order valence-electron chi connectivity index (χ3n) is 10.6. The number of fused-ring (bicyclic) bond motifs is 6. The van der Waals surface area contributed by atoms with Crippen molar-refractivity contribution < 1.29 is 4.42 Å². The summed E-state index contributed by atoms with van der Waals surface area (Å²) in [6, 6.07) is 61.6. The Bertz CT molecular complexity index is 3240. The number of hydrogen-bond donors (Lipinski definition) is 0. The molecule has 0 bridgehead atoms. The van der Waals surface area contributed by atoms with Crippen LogP contribution in [-0.4, -0.2) is 15.0 Å². The van der Waals surface area contributed by atoms with Crippen LogP contribution < -0.4 is 0 Å². The fourth-order valence-corrected chi connectivity index (χ4v) is 9.14. The average Bonchev–Trinajstić information content (AvgIpc) is 3.86. The van der Waals surface area contributed by atoms with Gasteiger partial charge in [0.2, 0.25) is 0 Å². The van der Waals surface area contributed by atoms with Gasteiger partial charge in [-0.2, -0.15) is 0 Å². The normalized spacial score (nSPS) is 11.6. The van der Waals surface area contributed by atoms with E-state index in [2.05, 4.69) is 151 Å². The van der Waals surface area contributed by atoms with Crippen LogP contribution in [0.3, 0.4) is 0 Å². The highest BCUT2D eigenvalue weighted by molar-refractivity contribution is 7.26. The minimum Gasteiger partial charge on any atom is -0.455 e. The van der Waals surface area contributed by atoms with E-state index in [1.807, 2.05) is 47.9 Å². The molecule has 0 aliphatic carbocycles. The van der Waals surface area contributed by atoms with Gasteiger partial charge < -0.3 is 4.42 Å². The monoisotopic (exact) mass is 733 g/mol. The maximum absolute atomic E-state index is 6.75. The molecule has 0 aliphatic rings. The van der Waals surface area contributed by atoms with Crippen molar-refractivity contribution in [3.63, 3.8) is 0 Å². The maximum atomic E-state index is 6.75. The minimum absolute atomic E-state index is 0.673. The Morgan fingerprint density at radius 2 is 1.09 bits per heavy atom. The molecule has 0 spiro atoms. The van der Waals surface area contributed by atoms with Gasteiger partial charge in [-0.25, -0.2) is 9.97 Å². The summed E-state index contributed by atoms with van der Waals surface area (Å²) in [6.07, 6.45) is 3.67. The molecule has 11 rings (SSSR count). The lowest BCUT2D eigenvalue weighted by molar-refractivity contribution is 0.670. The molecule has 0 fully saturated rings. The van der Waals surface area contributed by atoms with Gasteiger partial charge in [-0.05, 0) is 53.1 Å². The summed E-state index contributed by atoms with van der Waals surface area (Å²) in [6.45, 7) is 0. The van der Waals surface area contributed by atoms with Gasteiger partial charge >= 0.3 is 0 Å². The Hall–Kier alpha value is -7.21. The predicted octanol–water partition coefficient (Wildman–Crippen LogP) is 14.1. The number of pyridine rings is 1. The fraction of sp³-hybridized carbons (Fsp3) is 0. The van der Waals surface area contributed by atoms with Gasteiger partial charge in [0.25, 0.3) is 0 Å². The average molecular weight is 734 g/mol. The Morgan fingerprint density at radius 1 is 0.429 bits per heavy atom. The first-order valence-corrected chi connectivity index (χ1v) is 19.5. The Kier molecular flexibility index (Phi) is 7.64. The molecule has 4 heterocycles. The molecular weight excluding hydrogens is 703 g/mol. The molecule has 0 N–H and O–H groups in total. The van der Waals surface area contributed by atoms with E-state index in [-0.39, 0.29) is 0 Å². The van der Waals surface area contributed by atoms with Crippen molar-refractivity contribution in [2.24, 2.45) is 0 Å². The van der Waals surface area contributed by atoms with Crippen LogP contribution in [0.5, 0.6) is 0 Å². The van der Waals surface area contributed by atoms with Crippen molar-refractivity contribution in [1.82, 2.24) is 15.0 Å². The Balaban J connectivity index is 1.04. The van der Waals surface area contributed by atoms with Gasteiger partial charge in [0.1, 0.15) is 11.2 Å². The molecule has 7 aromatic carbocycles. The lowest BCUT2D eigenvalue weighted by atomic mass is 9.93. The standard InChI is InChI=1S/C51H31N3OS/c1-2-11-33(12-3-1)44-30-45(54-51(53-44)36-14-8-13-35(29-36)37-15-10-28-52-31-37)34-24-22-32(23-25-34)38-26-27-40(49-48(38)43-17-4-6-20-46(43)55-49)42-19-9-18-41-39-16-5-7-21-47(39)56-50(41)42/h1-31H. The number of aromatic nitrogens is 3. The van der Waals surface area contributed by atoms with Gasteiger partial charge in [0.15, 0.2) is 5.82 Å². The van der Waals surface area contributed by atoms with E-state index < -0.39 is 0 Å². The number of benzene rings is 7. The van der Waals surface area contributed by atoms with Crippen LogP contribution in [-0.2, 0) is 0 Å². The zero-order valence-electron chi connectivity index (χ0n) is 30.1. The number of thiophene rings is 1. The summed E-state index contributed by atoms with van der Waals surface area (Å²) in [7, 11) is 0. The molecule has 262 valence electrons. The lowest BCUT2D eigenvalue weighted by Crippen LogP contribution is -1.96. The van der Waals surface area contributed by atoms with E-state index >= 15 is 0 Å². The highest BCUT2D eigenvalue weighted by atomic mass is 32.1. The van der Waals surface area contributed by atoms with E-state index in [0.29, 0.717) is 5.82 Å². The smallest absolute Gasteiger partial charge is 0.160 e. The highest BCUT2D eigenvalue weighted by Gasteiger charge is 2.20. The van der Waals surface area contributed by atoms with E-state index in [4.69, 9.17) is 14.4 Å². The van der Waals surface area contributed by atoms with Crippen LogP contribution >= 0.6 is 11.3 Å². The molecule has 0 saturated carbocycles. The Morgan fingerprint density at radius 3 is 1.93 bits per heavy atom. The first-order chi connectivity index (χ1) is 27.7. The second kappa shape index (κ2) is 13.3. The van der Waals surface area contributed by atoms with Crippen LogP contribution in [0, 0.1) is 0 Å². The van der Waals surface area contributed by atoms with Gasteiger partial charge in [0.05, 0.1) is 11.4 Å².